The summed E-state index contributed by atoms with van der Waals surface area (Å²) in [4.78, 5) is 47.6. The van der Waals surface area contributed by atoms with Crippen molar-refractivity contribution in [2.45, 2.75) is 33.1 Å². The molecule has 0 spiro atoms. The van der Waals surface area contributed by atoms with Gasteiger partial charge in [-0.3, -0.25) is 14.4 Å². The van der Waals surface area contributed by atoms with E-state index in [1.165, 1.54) is 12.1 Å². The molecule has 0 fully saturated rings. The van der Waals surface area contributed by atoms with E-state index in [4.69, 9.17) is 9.47 Å². The van der Waals surface area contributed by atoms with Gasteiger partial charge in [0.25, 0.3) is 5.91 Å². The number of esters is 2. The number of nitrogens with one attached hydrogen (secondary N) is 2. The number of benzene rings is 2. The quantitative estimate of drug-likeness (QED) is 0.471. The van der Waals surface area contributed by atoms with E-state index in [9.17, 15) is 19.2 Å². The topological polar surface area (TPSA) is 111 Å². The first kappa shape index (κ1) is 25.1. The molecule has 170 valence electrons. The first-order valence-corrected chi connectivity index (χ1v) is 10.9. The van der Waals surface area contributed by atoms with E-state index in [0.29, 0.717) is 16.9 Å². The molecule has 0 aliphatic heterocycles. The maximum absolute atomic E-state index is 12.1. The lowest BCUT2D eigenvalue weighted by molar-refractivity contribution is -0.147. The second kappa shape index (κ2) is 12.6. The fraction of sp³-hybridized carbons (Fsp3) is 0.304. The van der Waals surface area contributed by atoms with Crippen LogP contribution in [-0.4, -0.2) is 37.0 Å². The van der Waals surface area contributed by atoms with Gasteiger partial charge >= 0.3 is 11.9 Å². The molecule has 0 saturated carbocycles. The number of hydrogen-bond acceptors (Lipinski definition) is 6. The lowest BCUT2D eigenvalue weighted by Gasteiger charge is -2.11. The van der Waals surface area contributed by atoms with Crippen LogP contribution in [0.3, 0.4) is 0 Å². The molecular weight excluding hydrogens is 480 g/mol. The summed E-state index contributed by atoms with van der Waals surface area (Å²) in [5.74, 6) is -1.94. The molecule has 0 unspecified atom stereocenters. The Kier molecular flexibility index (Phi) is 9.87. The number of ether oxygens (including phenoxy) is 2. The van der Waals surface area contributed by atoms with Gasteiger partial charge in [0.1, 0.15) is 0 Å². The van der Waals surface area contributed by atoms with Crippen LogP contribution in [0, 0.1) is 0 Å². The summed E-state index contributed by atoms with van der Waals surface area (Å²) >= 11 is 3.38. The van der Waals surface area contributed by atoms with Crippen LogP contribution >= 0.6 is 15.9 Å². The zero-order chi connectivity index (χ0) is 23.5. The predicted molar refractivity (Wildman–Crippen MR) is 123 cm³/mol. The van der Waals surface area contributed by atoms with Crippen LogP contribution in [0.25, 0.3) is 0 Å². The summed E-state index contributed by atoms with van der Waals surface area (Å²) in [5.41, 5.74) is 2.47. The molecule has 0 saturated heterocycles. The van der Waals surface area contributed by atoms with Gasteiger partial charge in [-0.1, -0.05) is 22.9 Å². The van der Waals surface area contributed by atoms with Crippen LogP contribution in [0.1, 0.15) is 42.6 Å². The summed E-state index contributed by atoms with van der Waals surface area (Å²) in [6.45, 7) is 3.53. The van der Waals surface area contributed by atoms with Gasteiger partial charge in [0.2, 0.25) is 5.91 Å². The van der Waals surface area contributed by atoms with Crippen molar-refractivity contribution in [3.05, 3.63) is 58.1 Å². The van der Waals surface area contributed by atoms with E-state index >= 15 is 0 Å². The highest BCUT2D eigenvalue weighted by molar-refractivity contribution is 9.10. The Morgan fingerprint density at radius 3 is 2.25 bits per heavy atom. The van der Waals surface area contributed by atoms with Gasteiger partial charge in [-0.2, -0.15) is 0 Å². The Labute approximate surface area is 194 Å². The molecule has 0 aliphatic carbocycles. The fourth-order valence-electron chi connectivity index (χ4n) is 2.72. The molecule has 0 aliphatic rings. The highest BCUT2D eigenvalue weighted by Gasteiger charge is 2.13. The van der Waals surface area contributed by atoms with E-state index in [1.807, 2.05) is 19.1 Å². The van der Waals surface area contributed by atoms with Gasteiger partial charge in [0, 0.05) is 22.3 Å². The highest BCUT2D eigenvalue weighted by Crippen LogP contribution is 2.21. The number of carbonyl (C=O) groups excluding carboxylic acids is 4. The minimum absolute atomic E-state index is 0.104. The maximum Gasteiger partial charge on any atom is 0.338 e. The summed E-state index contributed by atoms with van der Waals surface area (Å²) in [6.07, 6.45) is 0.459. The molecule has 0 bridgehead atoms. The third-order valence-corrected chi connectivity index (χ3v) is 4.82. The zero-order valence-corrected chi connectivity index (χ0v) is 19.5. The summed E-state index contributed by atoms with van der Waals surface area (Å²) in [6, 6.07) is 11.7. The molecular formula is C23H25BrN2O6. The molecule has 2 aromatic carbocycles. The summed E-state index contributed by atoms with van der Waals surface area (Å²) < 4.78 is 10.8. The number of halogens is 1. The lowest BCUT2D eigenvalue weighted by Crippen LogP contribution is -2.22. The Bertz CT molecular complexity index is 975. The van der Waals surface area contributed by atoms with Crippen LogP contribution < -0.4 is 10.6 Å². The smallest absolute Gasteiger partial charge is 0.338 e. The third-order valence-electron chi connectivity index (χ3n) is 4.32. The number of carbonyl (C=O) groups is 4. The largest absolute Gasteiger partial charge is 0.462 e. The van der Waals surface area contributed by atoms with Gasteiger partial charge in [0.05, 0.1) is 18.6 Å². The Morgan fingerprint density at radius 1 is 0.875 bits per heavy atom. The first-order chi connectivity index (χ1) is 15.3. The molecule has 8 nitrogen and oxygen atoms in total. The van der Waals surface area contributed by atoms with E-state index in [0.717, 1.165) is 16.5 Å². The lowest BCUT2D eigenvalue weighted by atomic mass is 10.1. The zero-order valence-electron chi connectivity index (χ0n) is 17.9. The molecule has 2 aromatic rings. The molecule has 32 heavy (non-hydrogen) atoms. The van der Waals surface area contributed by atoms with Crippen LogP contribution in [0.2, 0.25) is 0 Å². The number of aryl methyl sites for hydroxylation is 1. The predicted octanol–water partition coefficient (Wildman–Crippen LogP) is 4.09. The Hall–Kier alpha value is -3.20. The van der Waals surface area contributed by atoms with Crippen molar-refractivity contribution < 1.29 is 28.7 Å². The summed E-state index contributed by atoms with van der Waals surface area (Å²) in [5, 5.41) is 5.34. The van der Waals surface area contributed by atoms with E-state index < -0.39 is 30.4 Å². The number of hydrogen-bond donors (Lipinski definition) is 2. The average Bonchev–Trinajstić information content (AvgIpc) is 2.78. The van der Waals surface area contributed by atoms with Gasteiger partial charge in [-0.15, -0.1) is 0 Å². The summed E-state index contributed by atoms with van der Waals surface area (Å²) in [7, 11) is 0. The van der Waals surface area contributed by atoms with Gasteiger partial charge in [0.15, 0.2) is 6.61 Å². The van der Waals surface area contributed by atoms with Crippen LogP contribution in [0.15, 0.2) is 46.9 Å². The van der Waals surface area contributed by atoms with Gasteiger partial charge in [-0.05, 0) is 61.4 Å². The Morgan fingerprint density at radius 2 is 1.59 bits per heavy atom. The minimum Gasteiger partial charge on any atom is -0.462 e. The highest BCUT2D eigenvalue weighted by atomic mass is 79.9. The molecule has 0 heterocycles. The monoisotopic (exact) mass is 504 g/mol. The van der Waals surface area contributed by atoms with E-state index in [1.54, 1.807) is 25.1 Å². The molecule has 0 aromatic heterocycles. The van der Waals surface area contributed by atoms with E-state index in [-0.39, 0.29) is 19.4 Å². The second-order valence-electron chi connectivity index (χ2n) is 6.71. The molecule has 0 atom stereocenters. The maximum atomic E-state index is 12.1. The molecule has 2 N–H and O–H groups in total. The standard InChI is InChI=1S/C23H25BrN2O6/c1-3-15-13-17(24)7-10-19(15)26-21(28)14-32-22(29)12-11-20(27)25-18-8-5-16(6-9-18)23(30)31-4-2/h5-10,13H,3-4,11-12,14H2,1-2H3,(H,25,27)(H,26,28). The van der Waals surface area contributed by atoms with Crippen LogP contribution in [0.4, 0.5) is 11.4 Å². The SMILES string of the molecule is CCOC(=O)c1ccc(NC(=O)CCC(=O)OCC(=O)Nc2ccc(Br)cc2CC)cc1. The molecule has 9 heteroatoms. The molecule has 2 amide bonds. The number of amides is 2. The number of rotatable bonds is 10. The average molecular weight is 505 g/mol. The molecule has 0 radical (unpaired) electrons. The van der Waals surface area contributed by atoms with Crippen molar-refractivity contribution in [1.82, 2.24) is 0 Å². The van der Waals surface area contributed by atoms with Crippen molar-refractivity contribution in [2.24, 2.45) is 0 Å². The van der Waals surface area contributed by atoms with Crippen molar-refractivity contribution in [1.29, 1.82) is 0 Å². The van der Waals surface area contributed by atoms with E-state index in [2.05, 4.69) is 26.6 Å². The minimum atomic E-state index is -0.653. The normalized spacial score (nSPS) is 10.2. The second-order valence-corrected chi connectivity index (χ2v) is 7.63. The number of anilines is 2. The van der Waals surface area contributed by atoms with Crippen LogP contribution in [-0.2, 0) is 30.3 Å². The third kappa shape index (κ3) is 8.14. The first-order valence-electron chi connectivity index (χ1n) is 10.1. The fourth-order valence-corrected chi connectivity index (χ4v) is 3.13. The van der Waals surface area contributed by atoms with Crippen molar-refractivity contribution >= 4 is 51.1 Å². The van der Waals surface area contributed by atoms with Crippen molar-refractivity contribution in [3.8, 4) is 0 Å². The van der Waals surface area contributed by atoms with Gasteiger partial charge < -0.3 is 20.1 Å². The van der Waals surface area contributed by atoms with Gasteiger partial charge in [-0.25, -0.2) is 4.79 Å². The van der Waals surface area contributed by atoms with Crippen LogP contribution in [0.5, 0.6) is 0 Å². The molecule has 2 rings (SSSR count). The van der Waals surface area contributed by atoms with Crippen molar-refractivity contribution in [2.75, 3.05) is 23.8 Å². The van der Waals surface area contributed by atoms with Crippen molar-refractivity contribution in [3.63, 3.8) is 0 Å². The Balaban J connectivity index is 1.73.